The molecule has 1 atom stereocenters. The van der Waals surface area contributed by atoms with Gasteiger partial charge in [0.25, 0.3) is 0 Å². The van der Waals surface area contributed by atoms with Crippen molar-refractivity contribution in [3.63, 3.8) is 0 Å². The summed E-state index contributed by atoms with van der Waals surface area (Å²) in [7, 11) is 0. The molecule has 21 heavy (non-hydrogen) atoms. The number of rotatable bonds is 5. The van der Waals surface area contributed by atoms with Crippen LogP contribution in [-0.4, -0.2) is 35.1 Å². The molecule has 0 aliphatic carbocycles. The second-order valence-electron chi connectivity index (χ2n) is 5.58. The molecule has 1 aliphatic heterocycles. The fraction of sp³-hybridized carbons (Fsp3) is 0.500. The molecule has 114 valence electrons. The Morgan fingerprint density at radius 2 is 2.05 bits per heavy atom. The highest BCUT2D eigenvalue weighted by Gasteiger charge is 2.27. The number of hydrogen-bond acceptors (Lipinski definition) is 2. The normalized spacial score (nSPS) is 17.8. The Bertz CT molecular complexity index is 499. The van der Waals surface area contributed by atoms with Gasteiger partial charge < -0.3 is 15.3 Å². The topological polar surface area (TPSA) is 69.6 Å². The van der Waals surface area contributed by atoms with Crippen molar-refractivity contribution in [2.75, 3.05) is 18.4 Å². The van der Waals surface area contributed by atoms with Crippen LogP contribution in [0.4, 0.5) is 10.5 Å². The summed E-state index contributed by atoms with van der Waals surface area (Å²) in [6, 6.07) is 7.72. The minimum absolute atomic E-state index is 0.0696. The van der Waals surface area contributed by atoms with E-state index >= 15 is 0 Å². The zero-order valence-electron chi connectivity index (χ0n) is 12.3. The number of urea groups is 1. The van der Waals surface area contributed by atoms with E-state index < -0.39 is 5.97 Å². The van der Waals surface area contributed by atoms with Gasteiger partial charge in [-0.15, -0.1) is 0 Å². The van der Waals surface area contributed by atoms with E-state index in [1.54, 1.807) is 4.90 Å². The van der Waals surface area contributed by atoms with E-state index in [4.69, 9.17) is 5.11 Å². The second kappa shape index (κ2) is 7.11. The summed E-state index contributed by atoms with van der Waals surface area (Å²) in [5.74, 6) is -0.728. The Hall–Kier alpha value is -2.04. The van der Waals surface area contributed by atoms with Gasteiger partial charge in [-0.25, -0.2) is 4.79 Å². The summed E-state index contributed by atoms with van der Waals surface area (Å²) < 4.78 is 0. The monoisotopic (exact) mass is 290 g/mol. The number of carboxylic acid groups (broad SMARTS) is 1. The minimum Gasteiger partial charge on any atom is -0.481 e. The van der Waals surface area contributed by atoms with Gasteiger partial charge in [0.05, 0.1) is 0 Å². The molecule has 0 bridgehead atoms. The first kappa shape index (κ1) is 15.4. The Morgan fingerprint density at radius 1 is 1.33 bits per heavy atom. The van der Waals surface area contributed by atoms with E-state index in [2.05, 4.69) is 12.2 Å². The molecule has 1 saturated heterocycles. The fourth-order valence-corrected chi connectivity index (χ4v) is 2.68. The average Bonchev–Trinajstić information content (AvgIpc) is 2.89. The summed E-state index contributed by atoms with van der Waals surface area (Å²) in [5.41, 5.74) is 2.04. The van der Waals surface area contributed by atoms with Gasteiger partial charge in [-0.3, -0.25) is 4.79 Å². The van der Waals surface area contributed by atoms with Gasteiger partial charge in [-0.1, -0.05) is 25.5 Å². The summed E-state index contributed by atoms with van der Waals surface area (Å²) in [5, 5.41) is 11.7. The van der Waals surface area contributed by atoms with Crippen molar-refractivity contribution in [3.8, 4) is 0 Å². The fourth-order valence-electron chi connectivity index (χ4n) is 2.68. The molecule has 5 nitrogen and oxygen atoms in total. The SMILES string of the molecule is CCCc1ccc(NC(=O)N2CCC(CC(=O)O)C2)cc1. The van der Waals surface area contributed by atoms with E-state index in [0.717, 1.165) is 24.9 Å². The molecule has 0 saturated carbocycles. The molecule has 2 N–H and O–H groups in total. The summed E-state index contributed by atoms with van der Waals surface area (Å²) in [4.78, 5) is 24.5. The largest absolute Gasteiger partial charge is 0.481 e. The molecule has 1 unspecified atom stereocenters. The van der Waals surface area contributed by atoms with Gasteiger partial charge in [-0.2, -0.15) is 0 Å². The Kier molecular flexibility index (Phi) is 5.20. The minimum atomic E-state index is -0.797. The van der Waals surface area contributed by atoms with Crippen molar-refractivity contribution in [3.05, 3.63) is 29.8 Å². The smallest absolute Gasteiger partial charge is 0.321 e. The average molecular weight is 290 g/mol. The van der Waals surface area contributed by atoms with E-state index in [0.29, 0.717) is 13.1 Å². The van der Waals surface area contributed by atoms with Crippen LogP contribution < -0.4 is 5.32 Å². The van der Waals surface area contributed by atoms with Crippen molar-refractivity contribution in [2.45, 2.75) is 32.6 Å². The van der Waals surface area contributed by atoms with Crippen molar-refractivity contribution in [1.29, 1.82) is 0 Å². The van der Waals surface area contributed by atoms with Gasteiger partial charge in [0, 0.05) is 25.2 Å². The summed E-state index contributed by atoms with van der Waals surface area (Å²) in [6.07, 6.45) is 3.03. The van der Waals surface area contributed by atoms with Crippen LogP contribution in [0.3, 0.4) is 0 Å². The first-order chi connectivity index (χ1) is 10.1. The first-order valence-electron chi connectivity index (χ1n) is 7.45. The second-order valence-corrected chi connectivity index (χ2v) is 5.58. The quantitative estimate of drug-likeness (QED) is 0.876. The van der Waals surface area contributed by atoms with Crippen molar-refractivity contribution in [1.82, 2.24) is 4.90 Å². The lowest BCUT2D eigenvalue weighted by Gasteiger charge is -2.17. The zero-order valence-corrected chi connectivity index (χ0v) is 12.3. The van der Waals surface area contributed by atoms with Gasteiger partial charge in [0.15, 0.2) is 0 Å². The standard InChI is InChI=1S/C16H22N2O3/c1-2-3-12-4-6-14(7-5-12)17-16(21)18-9-8-13(11-18)10-15(19)20/h4-7,13H,2-3,8-11H2,1H3,(H,17,21)(H,19,20). The van der Waals surface area contributed by atoms with Gasteiger partial charge in [0.2, 0.25) is 0 Å². The predicted octanol–water partition coefficient (Wildman–Crippen LogP) is 2.97. The zero-order chi connectivity index (χ0) is 15.2. The number of carboxylic acids is 1. The van der Waals surface area contributed by atoms with Crippen molar-refractivity contribution in [2.24, 2.45) is 5.92 Å². The molecular formula is C16H22N2O3. The number of anilines is 1. The Labute approximate surface area is 125 Å². The van der Waals surface area contributed by atoms with Crippen LogP contribution in [0.1, 0.15) is 31.7 Å². The third kappa shape index (κ3) is 4.48. The maximum Gasteiger partial charge on any atom is 0.321 e. The summed E-state index contributed by atoms with van der Waals surface area (Å²) >= 11 is 0. The molecule has 0 radical (unpaired) electrons. The number of amides is 2. The lowest BCUT2D eigenvalue weighted by molar-refractivity contribution is -0.138. The lowest BCUT2D eigenvalue weighted by Crippen LogP contribution is -2.33. The number of nitrogens with zero attached hydrogens (tertiary/aromatic N) is 1. The highest BCUT2D eigenvalue weighted by molar-refractivity contribution is 5.89. The van der Waals surface area contributed by atoms with Gasteiger partial charge in [0.1, 0.15) is 0 Å². The molecule has 1 fully saturated rings. The van der Waals surface area contributed by atoms with E-state index in [1.807, 2.05) is 24.3 Å². The number of nitrogens with one attached hydrogen (secondary N) is 1. The van der Waals surface area contributed by atoms with Crippen LogP contribution in [0.25, 0.3) is 0 Å². The van der Waals surface area contributed by atoms with Crippen LogP contribution in [0.5, 0.6) is 0 Å². The maximum absolute atomic E-state index is 12.1. The van der Waals surface area contributed by atoms with E-state index in [1.165, 1.54) is 5.56 Å². The molecule has 0 aromatic heterocycles. The molecule has 1 heterocycles. The third-order valence-electron chi connectivity index (χ3n) is 3.78. The highest BCUT2D eigenvalue weighted by atomic mass is 16.4. The Morgan fingerprint density at radius 3 is 2.67 bits per heavy atom. The highest BCUT2D eigenvalue weighted by Crippen LogP contribution is 2.20. The molecule has 1 aromatic carbocycles. The summed E-state index contributed by atoms with van der Waals surface area (Å²) in [6.45, 7) is 3.28. The number of aliphatic carboxylic acids is 1. The molecule has 0 spiro atoms. The molecule has 2 amide bonds. The third-order valence-corrected chi connectivity index (χ3v) is 3.78. The van der Waals surface area contributed by atoms with Crippen molar-refractivity contribution >= 4 is 17.7 Å². The number of carbonyl (C=O) groups is 2. The van der Waals surface area contributed by atoms with E-state index in [9.17, 15) is 9.59 Å². The first-order valence-corrected chi connectivity index (χ1v) is 7.45. The number of hydrogen-bond donors (Lipinski definition) is 2. The van der Waals surface area contributed by atoms with Crippen molar-refractivity contribution < 1.29 is 14.7 Å². The van der Waals surface area contributed by atoms with Crippen LogP contribution in [0.15, 0.2) is 24.3 Å². The number of carbonyl (C=O) groups excluding carboxylic acids is 1. The van der Waals surface area contributed by atoms with Crippen LogP contribution in [0, 0.1) is 5.92 Å². The molecule has 5 heteroatoms. The molecular weight excluding hydrogens is 268 g/mol. The molecule has 2 rings (SSSR count). The van der Waals surface area contributed by atoms with Crippen LogP contribution in [-0.2, 0) is 11.2 Å². The number of aryl methyl sites for hydroxylation is 1. The van der Waals surface area contributed by atoms with Crippen LogP contribution in [0.2, 0.25) is 0 Å². The maximum atomic E-state index is 12.1. The van der Waals surface area contributed by atoms with Crippen LogP contribution >= 0.6 is 0 Å². The lowest BCUT2D eigenvalue weighted by atomic mass is 10.1. The Balaban J connectivity index is 1.85. The predicted molar refractivity (Wildman–Crippen MR) is 81.4 cm³/mol. The molecule has 1 aliphatic rings. The molecule has 1 aromatic rings. The number of likely N-dealkylation sites (tertiary alicyclic amines) is 1. The van der Waals surface area contributed by atoms with E-state index in [-0.39, 0.29) is 18.4 Å². The van der Waals surface area contributed by atoms with Gasteiger partial charge in [-0.05, 0) is 36.5 Å². The number of benzene rings is 1. The van der Waals surface area contributed by atoms with Gasteiger partial charge >= 0.3 is 12.0 Å².